The zero-order valence-corrected chi connectivity index (χ0v) is 15.2. The van der Waals surface area contributed by atoms with Crippen molar-refractivity contribution in [3.63, 3.8) is 0 Å². The lowest BCUT2D eigenvalue weighted by atomic mass is 10.1. The lowest BCUT2D eigenvalue weighted by Crippen LogP contribution is -2.48. The number of amides is 2. The van der Waals surface area contributed by atoms with E-state index < -0.39 is 0 Å². The fourth-order valence-corrected chi connectivity index (χ4v) is 2.95. The van der Waals surface area contributed by atoms with Crippen LogP contribution in [0.1, 0.15) is 15.9 Å². The molecule has 0 bridgehead atoms. The molecule has 0 radical (unpaired) electrons. The number of carbonyl (C=O) groups is 2. The summed E-state index contributed by atoms with van der Waals surface area (Å²) in [5.41, 5.74) is 1.76. The van der Waals surface area contributed by atoms with E-state index in [2.05, 4.69) is 10.3 Å². The first kappa shape index (κ1) is 18.2. The number of anilines is 1. The Morgan fingerprint density at radius 2 is 1.85 bits per heavy atom. The summed E-state index contributed by atoms with van der Waals surface area (Å²) in [4.78, 5) is 31.0. The van der Waals surface area contributed by atoms with Gasteiger partial charge in [0.15, 0.2) is 0 Å². The molecule has 1 N–H and O–H groups in total. The Morgan fingerprint density at radius 3 is 2.46 bits per heavy atom. The molecule has 136 valence electrons. The molecule has 0 aliphatic carbocycles. The SMILES string of the molecule is O=CN1CCN(C(=O)c2ccc(NCCc3ccc(Cl)cc3)nc2)CC1. The number of rotatable bonds is 6. The summed E-state index contributed by atoms with van der Waals surface area (Å²) >= 11 is 5.88. The van der Waals surface area contributed by atoms with Crippen molar-refractivity contribution in [2.24, 2.45) is 0 Å². The van der Waals surface area contributed by atoms with Gasteiger partial charge in [-0.05, 0) is 36.2 Å². The van der Waals surface area contributed by atoms with Gasteiger partial charge in [0.1, 0.15) is 5.82 Å². The smallest absolute Gasteiger partial charge is 0.255 e. The molecule has 0 saturated carbocycles. The number of hydrogen-bond donors (Lipinski definition) is 1. The Hall–Kier alpha value is -2.60. The van der Waals surface area contributed by atoms with E-state index in [0.717, 1.165) is 30.2 Å². The van der Waals surface area contributed by atoms with Gasteiger partial charge >= 0.3 is 0 Å². The number of carbonyl (C=O) groups excluding carboxylic acids is 2. The van der Waals surface area contributed by atoms with E-state index in [-0.39, 0.29) is 5.91 Å². The minimum Gasteiger partial charge on any atom is -0.370 e. The molecule has 0 atom stereocenters. The molecule has 1 aromatic carbocycles. The van der Waals surface area contributed by atoms with Crippen LogP contribution < -0.4 is 5.32 Å². The van der Waals surface area contributed by atoms with Gasteiger partial charge < -0.3 is 15.1 Å². The van der Waals surface area contributed by atoms with Crippen molar-refractivity contribution in [1.82, 2.24) is 14.8 Å². The largest absolute Gasteiger partial charge is 0.370 e. The second kappa shape index (κ2) is 8.67. The Balaban J connectivity index is 1.49. The molecular weight excluding hydrogens is 352 g/mol. The van der Waals surface area contributed by atoms with Gasteiger partial charge in [0.05, 0.1) is 5.56 Å². The van der Waals surface area contributed by atoms with Gasteiger partial charge in [-0.25, -0.2) is 4.98 Å². The van der Waals surface area contributed by atoms with Crippen LogP contribution in [0.2, 0.25) is 5.02 Å². The predicted molar refractivity (Wildman–Crippen MR) is 101 cm³/mol. The van der Waals surface area contributed by atoms with Gasteiger partial charge in [-0.1, -0.05) is 23.7 Å². The summed E-state index contributed by atoms with van der Waals surface area (Å²) < 4.78 is 0. The monoisotopic (exact) mass is 372 g/mol. The number of nitrogens with one attached hydrogen (secondary N) is 1. The van der Waals surface area contributed by atoms with Crippen LogP contribution in [0.3, 0.4) is 0 Å². The third-order valence-electron chi connectivity index (χ3n) is 4.39. The molecule has 1 aliphatic heterocycles. The van der Waals surface area contributed by atoms with Crippen LogP contribution in [0.25, 0.3) is 0 Å². The van der Waals surface area contributed by atoms with E-state index in [1.807, 2.05) is 30.3 Å². The highest BCUT2D eigenvalue weighted by atomic mass is 35.5. The minimum atomic E-state index is -0.0456. The van der Waals surface area contributed by atoms with Crippen molar-refractivity contribution in [2.45, 2.75) is 6.42 Å². The molecule has 2 heterocycles. The van der Waals surface area contributed by atoms with Crippen LogP contribution in [0.5, 0.6) is 0 Å². The van der Waals surface area contributed by atoms with Crippen molar-refractivity contribution < 1.29 is 9.59 Å². The number of pyridine rings is 1. The van der Waals surface area contributed by atoms with Crippen LogP contribution >= 0.6 is 11.6 Å². The second-order valence-electron chi connectivity index (χ2n) is 6.17. The van der Waals surface area contributed by atoms with Gasteiger partial charge in [0.2, 0.25) is 6.41 Å². The van der Waals surface area contributed by atoms with E-state index in [1.54, 1.807) is 22.1 Å². The molecule has 6 nitrogen and oxygen atoms in total. The Bertz CT molecular complexity index is 741. The van der Waals surface area contributed by atoms with Gasteiger partial charge in [-0.3, -0.25) is 9.59 Å². The molecule has 1 fully saturated rings. The zero-order valence-electron chi connectivity index (χ0n) is 14.4. The van der Waals surface area contributed by atoms with Gasteiger partial charge in [-0.15, -0.1) is 0 Å². The fourth-order valence-electron chi connectivity index (χ4n) is 2.82. The van der Waals surface area contributed by atoms with Crippen LogP contribution in [-0.2, 0) is 11.2 Å². The van der Waals surface area contributed by atoms with Crippen molar-refractivity contribution >= 4 is 29.7 Å². The topological polar surface area (TPSA) is 65.5 Å². The standard InChI is InChI=1S/C19H21ClN4O2/c20-17-4-1-15(2-5-17)7-8-21-18-6-3-16(13-22-18)19(26)24-11-9-23(14-25)10-12-24/h1-6,13-14H,7-12H2,(H,21,22). The summed E-state index contributed by atoms with van der Waals surface area (Å²) in [5.74, 6) is 0.692. The van der Waals surface area contributed by atoms with Crippen molar-refractivity contribution in [2.75, 3.05) is 38.0 Å². The van der Waals surface area contributed by atoms with E-state index >= 15 is 0 Å². The highest BCUT2D eigenvalue weighted by Crippen LogP contribution is 2.12. The molecule has 7 heteroatoms. The molecule has 3 rings (SSSR count). The van der Waals surface area contributed by atoms with Gasteiger partial charge in [0.25, 0.3) is 5.91 Å². The van der Waals surface area contributed by atoms with E-state index in [4.69, 9.17) is 11.6 Å². The number of aromatic nitrogens is 1. The molecule has 2 amide bonds. The Labute approximate surface area is 157 Å². The predicted octanol–water partition coefficient (Wildman–Crippen LogP) is 2.30. The number of halogens is 1. The lowest BCUT2D eigenvalue weighted by Gasteiger charge is -2.32. The second-order valence-corrected chi connectivity index (χ2v) is 6.61. The minimum absolute atomic E-state index is 0.0456. The molecule has 2 aromatic rings. The Morgan fingerprint density at radius 1 is 1.12 bits per heavy atom. The average molecular weight is 373 g/mol. The summed E-state index contributed by atoms with van der Waals surface area (Å²) in [6.07, 6.45) is 3.29. The zero-order chi connectivity index (χ0) is 18.4. The Kier molecular flexibility index (Phi) is 6.07. The molecule has 1 saturated heterocycles. The van der Waals surface area contributed by atoms with Crippen LogP contribution in [0, 0.1) is 0 Å². The molecule has 0 spiro atoms. The van der Waals surface area contributed by atoms with Crippen LogP contribution in [0.15, 0.2) is 42.6 Å². The molecule has 26 heavy (non-hydrogen) atoms. The summed E-state index contributed by atoms with van der Waals surface area (Å²) in [6, 6.07) is 11.4. The van der Waals surface area contributed by atoms with E-state index in [0.29, 0.717) is 31.7 Å². The summed E-state index contributed by atoms with van der Waals surface area (Å²) in [5, 5.41) is 3.98. The summed E-state index contributed by atoms with van der Waals surface area (Å²) in [6.45, 7) is 3.01. The van der Waals surface area contributed by atoms with Gasteiger partial charge in [-0.2, -0.15) is 0 Å². The summed E-state index contributed by atoms with van der Waals surface area (Å²) in [7, 11) is 0. The third kappa shape index (κ3) is 4.73. The molecular formula is C19H21ClN4O2. The number of nitrogens with zero attached hydrogens (tertiary/aromatic N) is 3. The third-order valence-corrected chi connectivity index (χ3v) is 4.65. The maximum Gasteiger partial charge on any atom is 0.255 e. The highest BCUT2D eigenvalue weighted by molar-refractivity contribution is 6.30. The number of piperazine rings is 1. The maximum atomic E-state index is 12.5. The number of benzene rings is 1. The molecule has 0 unspecified atom stereocenters. The van der Waals surface area contributed by atoms with Crippen LogP contribution in [0.4, 0.5) is 5.82 Å². The normalized spacial score (nSPS) is 14.2. The van der Waals surface area contributed by atoms with E-state index in [1.165, 1.54) is 5.56 Å². The fraction of sp³-hybridized carbons (Fsp3) is 0.316. The van der Waals surface area contributed by atoms with Crippen molar-refractivity contribution in [1.29, 1.82) is 0 Å². The lowest BCUT2D eigenvalue weighted by molar-refractivity contribution is -0.119. The first-order chi connectivity index (χ1) is 12.7. The average Bonchev–Trinajstić information content (AvgIpc) is 2.69. The molecule has 1 aliphatic rings. The highest BCUT2D eigenvalue weighted by Gasteiger charge is 2.21. The van der Waals surface area contributed by atoms with Crippen LogP contribution in [-0.4, -0.2) is 59.8 Å². The quantitative estimate of drug-likeness (QED) is 0.790. The first-order valence-electron chi connectivity index (χ1n) is 8.59. The van der Waals surface area contributed by atoms with E-state index in [9.17, 15) is 9.59 Å². The first-order valence-corrected chi connectivity index (χ1v) is 8.96. The van der Waals surface area contributed by atoms with Crippen molar-refractivity contribution in [3.8, 4) is 0 Å². The molecule has 1 aromatic heterocycles. The van der Waals surface area contributed by atoms with Gasteiger partial charge in [0, 0.05) is 43.9 Å². The van der Waals surface area contributed by atoms with Crippen molar-refractivity contribution in [3.05, 3.63) is 58.7 Å². The maximum absolute atomic E-state index is 12.5. The number of hydrogen-bond acceptors (Lipinski definition) is 4.